The topological polar surface area (TPSA) is 122 Å². The number of amides is 1. The number of hydrogen-bond acceptors (Lipinski definition) is 8. The molecular formula is C33H35FN8O3. The molecule has 6 rings (SSSR count). The number of ether oxygens (including phenoxy) is 1. The molecule has 232 valence electrons. The Labute approximate surface area is 260 Å². The van der Waals surface area contributed by atoms with Crippen molar-refractivity contribution in [3.63, 3.8) is 0 Å². The molecule has 1 aliphatic rings. The van der Waals surface area contributed by atoms with Crippen molar-refractivity contribution in [2.45, 2.75) is 25.2 Å². The highest BCUT2D eigenvalue weighted by atomic mass is 19.1. The van der Waals surface area contributed by atoms with Gasteiger partial charge in [0.05, 0.1) is 29.4 Å². The van der Waals surface area contributed by atoms with Crippen LogP contribution in [-0.4, -0.2) is 92.0 Å². The summed E-state index contributed by atoms with van der Waals surface area (Å²) in [5.74, 6) is 0.317. The number of tetrazole rings is 1. The molecule has 1 fully saturated rings. The molecule has 1 saturated heterocycles. The lowest BCUT2D eigenvalue weighted by molar-refractivity contribution is 0.0776. The fourth-order valence-corrected chi connectivity index (χ4v) is 6.02. The molecule has 0 spiro atoms. The standard InChI is InChI=1S/C33H35FN8O3/c1-40(33(44)27-19-26(11-12-30(27)45-2)42-21-35-38-39-42)20-24(22-7-9-25(34)10-8-22)15-18-41-16-13-23(14-17-41)31(43)32-36-28-5-3-4-6-29(28)37-32/h3-12,19,21,23-24H,13-18,20H2,1-2H3,(H,36,37). The van der Waals surface area contributed by atoms with Crippen molar-refractivity contribution < 1.29 is 18.7 Å². The Balaban J connectivity index is 1.11. The number of nitrogens with zero attached hydrogens (tertiary/aromatic N) is 7. The molecule has 0 radical (unpaired) electrons. The van der Waals surface area contributed by atoms with Gasteiger partial charge in [0.1, 0.15) is 17.9 Å². The van der Waals surface area contributed by atoms with Gasteiger partial charge in [-0.25, -0.2) is 14.1 Å². The summed E-state index contributed by atoms with van der Waals surface area (Å²) in [6.07, 6.45) is 3.73. The van der Waals surface area contributed by atoms with Crippen molar-refractivity contribution in [2.24, 2.45) is 5.92 Å². The summed E-state index contributed by atoms with van der Waals surface area (Å²) < 4.78 is 20.8. The normalized spacial score (nSPS) is 14.8. The summed E-state index contributed by atoms with van der Waals surface area (Å²) >= 11 is 0. The number of aromatic nitrogens is 6. The quantitative estimate of drug-likeness (QED) is 0.217. The summed E-state index contributed by atoms with van der Waals surface area (Å²) in [6, 6.07) is 19.4. The molecule has 1 unspecified atom stereocenters. The number of benzene rings is 3. The summed E-state index contributed by atoms with van der Waals surface area (Å²) in [7, 11) is 3.29. The SMILES string of the molecule is COc1ccc(-n2cnnn2)cc1C(=O)N(C)CC(CCN1CCC(C(=O)c2nc3ccccc3[nH]2)CC1)c1ccc(F)cc1. The van der Waals surface area contributed by atoms with E-state index in [1.54, 1.807) is 42.3 Å². The first-order valence-electron chi connectivity index (χ1n) is 15.0. The predicted octanol–water partition coefficient (Wildman–Crippen LogP) is 4.53. The average molecular weight is 611 g/mol. The molecule has 11 nitrogen and oxygen atoms in total. The smallest absolute Gasteiger partial charge is 0.257 e. The molecule has 0 saturated carbocycles. The first kappa shape index (κ1) is 30.1. The van der Waals surface area contributed by atoms with Gasteiger partial charge >= 0.3 is 0 Å². The predicted molar refractivity (Wildman–Crippen MR) is 166 cm³/mol. The van der Waals surface area contributed by atoms with Crippen molar-refractivity contribution in [2.75, 3.05) is 40.3 Å². The number of piperidine rings is 1. The Kier molecular flexibility index (Phi) is 8.92. The number of aromatic amines is 1. The Hall–Kier alpha value is -4.97. The minimum atomic E-state index is -0.303. The van der Waals surface area contributed by atoms with Crippen LogP contribution in [-0.2, 0) is 0 Å². The minimum absolute atomic E-state index is 0.0388. The van der Waals surface area contributed by atoms with Gasteiger partial charge in [0, 0.05) is 25.4 Å². The number of methoxy groups -OCH3 is 1. The van der Waals surface area contributed by atoms with Gasteiger partial charge < -0.3 is 19.5 Å². The van der Waals surface area contributed by atoms with E-state index >= 15 is 0 Å². The van der Waals surface area contributed by atoms with Gasteiger partial charge in [-0.15, -0.1) is 5.10 Å². The Morgan fingerprint density at radius 2 is 1.87 bits per heavy atom. The van der Waals surface area contributed by atoms with E-state index in [2.05, 4.69) is 30.4 Å². The number of halogens is 1. The maximum absolute atomic E-state index is 13.8. The molecule has 5 aromatic rings. The van der Waals surface area contributed by atoms with Crippen LogP contribution in [0.3, 0.4) is 0 Å². The van der Waals surface area contributed by atoms with E-state index in [0.29, 0.717) is 29.4 Å². The summed E-state index contributed by atoms with van der Waals surface area (Å²) in [5.41, 5.74) is 3.65. The van der Waals surface area contributed by atoms with E-state index in [1.165, 1.54) is 30.3 Å². The van der Waals surface area contributed by atoms with Gasteiger partial charge in [-0.1, -0.05) is 24.3 Å². The molecule has 0 aliphatic carbocycles. The molecule has 1 N–H and O–H groups in total. The number of Topliss-reactive ketones (excluding diaryl/α,β-unsaturated/α-hetero) is 1. The Bertz CT molecular complexity index is 1730. The number of carbonyl (C=O) groups excluding carboxylic acids is 2. The van der Waals surface area contributed by atoms with Crippen molar-refractivity contribution in [3.8, 4) is 11.4 Å². The monoisotopic (exact) mass is 610 g/mol. The molecular weight excluding hydrogens is 575 g/mol. The molecule has 12 heteroatoms. The number of likely N-dealkylation sites (tertiary alicyclic amines) is 1. The largest absolute Gasteiger partial charge is 0.496 e. The molecule has 1 aliphatic heterocycles. The van der Waals surface area contributed by atoms with E-state index in [-0.39, 0.29) is 29.3 Å². The molecule has 3 heterocycles. The second-order valence-corrected chi connectivity index (χ2v) is 11.4. The Morgan fingerprint density at radius 3 is 2.58 bits per heavy atom. The zero-order chi connectivity index (χ0) is 31.3. The lowest BCUT2D eigenvalue weighted by Gasteiger charge is -2.33. The van der Waals surface area contributed by atoms with Gasteiger partial charge in [0.2, 0.25) is 5.78 Å². The Morgan fingerprint density at radius 1 is 1.09 bits per heavy atom. The first-order chi connectivity index (χ1) is 21.9. The number of rotatable bonds is 11. The number of likely N-dealkylation sites (N-methyl/N-ethyl adjacent to an activating group) is 1. The minimum Gasteiger partial charge on any atom is -0.496 e. The number of carbonyl (C=O) groups is 2. The summed E-state index contributed by atoms with van der Waals surface area (Å²) in [4.78, 5) is 38.6. The van der Waals surface area contributed by atoms with E-state index in [1.807, 2.05) is 24.3 Å². The highest BCUT2D eigenvalue weighted by Gasteiger charge is 2.29. The van der Waals surface area contributed by atoms with E-state index < -0.39 is 0 Å². The fraction of sp³-hybridized carbons (Fsp3) is 0.333. The zero-order valence-corrected chi connectivity index (χ0v) is 25.3. The molecule has 0 bridgehead atoms. The number of para-hydroxylation sites is 2. The van der Waals surface area contributed by atoms with Crippen LogP contribution >= 0.6 is 0 Å². The lowest BCUT2D eigenvalue weighted by atomic mass is 9.90. The van der Waals surface area contributed by atoms with Crippen LogP contribution < -0.4 is 4.74 Å². The van der Waals surface area contributed by atoms with Gasteiger partial charge in [-0.3, -0.25) is 9.59 Å². The van der Waals surface area contributed by atoms with E-state index in [4.69, 9.17) is 4.74 Å². The van der Waals surface area contributed by atoms with Gasteiger partial charge in [0.25, 0.3) is 5.91 Å². The zero-order valence-electron chi connectivity index (χ0n) is 25.3. The molecule has 3 aromatic carbocycles. The van der Waals surface area contributed by atoms with Crippen LogP contribution in [0.4, 0.5) is 4.39 Å². The maximum Gasteiger partial charge on any atom is 0.257 e. The van der Waals surface area contributed by atoms with E-state index in [9.17, 15) is 14.0 Å². The fourth-order valence-electron chi connectivity index (χ4n) is 6.02. The number of fused-ring (bicyclic) bond motifs is 1. The lowest BCUT2D eigenvalue weighted by Crippen LogP contribution is -2.38. The van der Waals surface area contributed by atoms with Gasteiger partial charge in [-0.2, -0.15) is 0 Å². The summed E-state index contributed by atoms with van der Waals surface area (Å²) in [5, 5.41) is 11.3. The van der Waals surface area contributed by atoms with Crippen molar-refractivity contribution >= 4 is 22.7 Å². The van der Waals surface area contributed by atoms with Crippen LogP contribution in [0.25, 0.3) is 16.7 Å². The number of H-pyrrole nitrogens is 1. The molecule has 45 heavy (non-hydrogen) atoms. The number of imidazole rings is 1. The van der Waals surface area contributed by atoms with Gasteiger partial charge in [0.15, 0.2) is 5.82 Å². The van der Waals surface area contributed by atoms with Crippen molar-refractivity contribution in [1.82, 2.24) is 40.0 Å². The van der Waals surface area contributed by atoms with Crippen molar-refractivity contribution in [3.05, 3.63) is 95.8 Å². The second-order valence-electron chi connectivity index (χ2n) is 11.4. The maximum atomic E-state index is 13.8. The summed E-state index contributed by atoms with van der Waals surface area (Å²) in [6.45, 7) is 2.79. The molecule has 1 atom stereocenters. The molecule has 1 amide bonds. The highest BCUT2D eigenvalue weighted by molar-refractivity contribution is 5.98. The second kappa shape index (κ2) is 13.3. The third-order valence-corrected chi connectivity index (χ3v) is 8.58. The molecule has 2 aromatic heterocycles. The number of ketones is 1. The first-order valence-corrected chi connectivity index (χ1v) is 15.0. The van der Waals surface area contributed by atoms with Crippen molar-refractivity contribution in [1.29, 1.82) is 0 Å². The van der Waals surface area contributed by atoms with E-state index in [0.717, 1.165) is 55.5 Å². The number of nitrogens with one attached hydrogen (secondary N) is 1. The van der Waals surface area contributed by atoms with Crippen LogP contribution in [0.2, 0.25) is 0 Å². The van der Waals surface area contributed by atoms with Crippen LogP contribution in [0, 0.1) is 11.7 Å². The van der Waals surface area contributed by atoms with Crippen LogP contribution in [0.1, 0.15) is 51.7 Å². The third-order valence-electron chi connectivity index (χ3n) is 8.58. The third kappa shape index (κ3) is 6.75. The highest BCUT2D eigenvalue weighted by Crippen LogP contribution is 2.28. The van der Waals surface area contributed by atoms with Gasteiger partial charge in [-0.05, 0) is 97.4 Å². The average Bonchev–Trinajstić information content (AvgIpc) is 3.77. The van der Waals surface area contributed by atoms with Crippen LogP contribution in [0.15, 0.2) is 73.1 Å². The van der Waals surface area contributed by atoms with Crippen LogP contribution in [0.5, 0.6) is 5.75 Å². The number of hydrogen-bond donors (Lipinski definition) is 1.